The zero-order valence-corrected chi connectivity index (χ0v) is 12.9. The van der Waals surface area contributed by atoms with Gasteiger partial charge in [0.1, 0.15) is 0 Å². The van der Waals surface area contributed by atoms with Crippen LogP contribution in [0.4, 0.5) is 30.7 Å². The zero-order chi connectivity index (χ0) is 19.5. The Morgan fingerprint density at radius 3 is 2.08 bits per heavy atom. The average molecular weight is 380 g/mol. The van der Waals surface area contributed by atoms with Gasteiger partial charge < -0.3 is 4.74 Å². The van der Waals surface area contributed by atoms with E-state index in [2.05, 4.69) is 4.74 Å². The predicted molar refractivity (Wildman–Crippen MR) is 77.2 cm³/mol. The lowest BCUT2D eigenvalue weighted by Gasteiger charge is -2.11. The Hall–Kier alpha value is -2.58. The molecule has 0 aliphatic heterocycles. The number of aryl methyl sites for hydroxylation is 1. The maximum Gasteiger partial charge on any atom is 0.573 e. The van der Waals surface area contributed by atoms with Crippen molar-refractivity contribution < 1.29 is 40.3 Å². The number of halogens is 7. The third-order valence-corrected chi connectivity index (χ3v) is 3.40. The van der Waals surface area contributed by atoms with Crippen LogP contribution in [0.2, 0.25) is 0 Å². The molecule has 0 amide bonds. The molecule has 0 fully saturated rings. The average Bonchev–Trinajstić information content (AvgIpc) is 2.53. The number of ketones is 1. The first-order valence-electron chi connectivity index (χ1n) is 7.20. The van der Waals surface area contributed by atoms with Crippen molar-refractivity contribution in [1.82, 2.24) is 0 Å². The van der Waals surface area contributed by atoms with Crippen molar-refractivity contribution in [2.45, 2.75) is 25.4 Å². The summed E-state index contributed by atoms with van der Waals surface area (Å²) in [6.07, 6.45) is -9.69. The number of hydrogen-bond donors (Lipinski definition) is 0. The van der Waals surface area contributed by atoms with Crippen LogP contribution in [0.5, 0.6) is 5.75 Å². The summed E-state index contributed by atoms with van der Waals surface area (Å²) in [7, 11) is 0. The summed E-state index contributed by atoms with van der Waals surface area (Å²) in [6.45, 7) is 0. The second kappa shape index (κ2) is 7.35. The lowest BCUT2D eigenvalue weighted by atomic mass is 10.0. The third-order valence-electron chi connectivity index (χ3n) is 3.40. The van der Waals surface area contributed by atoms with Gasteiger partial charge in [-0.3, -0.25) is 4.79 Å². The number of Topliss-reactive ketones (excluding diaryl/α,β-unsaturated/α-hetero) is 1. The Kier molecular flexibility index (Phi) is 5.58. The van der Waals surface area contributed by atoms with Gasteiger partial charge in [-0.1, -0.05) is 12.1 Å². The van der Waals surface area contributed by atoms with Gasteiger partial charge in [0.25, 0.3) is 0 Å². The number of carbonyl (C=O) groups is 1. The Labute approximate surface area is 143 Å². The van der Waals surface area contributed by atoms with Gasteiger partial charge in [0.05, 0.1) is 5.56 Å². The predicted octanol–water partition coefficient (Wildman–Crippen LogP) is 5.56. The SMILES string of the molecule is O=C(CCc1ccc(C(F)(F)F)cc1)c1ccc(F)c(OC(F)(F)F)c1. The van der Waals surface area contributed by atoms with Gasteiger partial charge in [-0.05, 0) is 42.3 Å². The molecule has 0 atom stereocenters. The molecule has 0 radical (unpaired) electrons. The molecule has 9 heteroatoms. The van der Waals surface area contributed by atoms with Crippen molar-refractivity contribution in [3.8, 4) is 5.75 Å². The normalized spacial score (nSPS) is 12.1. The molecular formula is C17H11F7O2. The summed E-state index contributed by atoms with van der Waals surface area (Å²) in [5, 5.41) is 0. The van der Waals surface area contributed by atoms with E-state index in [0.29, 0.717) is 17.7 Å². The number of alkyl halides is 6. The van der Waals surface area contributed by atoms with Crippen LogP contribution in [0.15, 0.2) is 42.5 Å². The molecule has 0 aromatic heterocycles. The fourth-order valence-corrected chi connectivity index (χ4v) is 2.14. The fourth-order valence-electron chi connectivity index (χ4n) is 2.14. The highest BCUT2D eigenvalue weighted by atomic mass is 19.4. The standard InChI is InChI=1S/C17H11F7O2/c18-13-7-4-11(9-15(13)26-17(22,23)24)14(25)8-3-10-1-5-12(6-2-10)16(19,20)21/h1-2,4-7,9H,3,8H2. The molecule has 0 aliphatic rings. The highest BCUT2D eigenvalue weighted by Crippen LogP contribution is 2.29. The largest absolute Gasteiger partial charge is 0.573 e. The van der Waals surface area contributed by atoms with Gasteiger partial charge in [0.2, 0.25) is 0 Å². The van der Waals surface area contributed by atoms with E-state index in [1.54, 1.807) is 0 Å². The third kappa shape index (κ3) is 5.47. The van der Waals surface area contributed by atoms with E-state index in [1.165, 1.54) is 12.1 Å². The minimum atomic E-state index is -5.11. The molecule has 0 spiro atoms. The van der Waals surface area contributed by atoms with Crippen LogP contribution in [0.25, 0.3) is 0 Å². The van der Waals surface area contributed by atoms with Crippen LogP contribution in [-0.2, 0) is 12.6 Å². The Bertz CT molecular complexity index is 777. The first kappa shape index (κ1) is 19.7. The second-order valence-corrected chi connectivity index (χ2v) is 5.31. The molecule has 0 aliphatic carbocycles. The summed E-state index contributed by atoms with van der Waals surface area (Å²) in [5.74, 6) is -3.00. The molecule has 0 N–H and O–H groups in total. The highest BCUT2D eigenvalue weighted by molar-refractivity contribution is 5.96. The Morgan fingerprint density at radius 2 is 1.54 bits per heavy atom. The Morgan fingerprint density at radius 1 is 0.923 bits per heavy atom. The lowest BCUT2D eigenvalue weighted by molar-refractivity contribution is -0.275. The molecule has 0 heterocycles. The van der Waals surface area contributed by atoms with E-state index in [-0.39, 0.29) is 18.4 Å². The number of carbonyl (C=O) groups excluding carboxylic acids is 1. The van der Waals surface area contributed by atoms with Crippen molar-refractivity contribution in [3.63, 3.8) is 0 Å². The first-order valence-corrected chi connectivity index (χ1v) is 7.20. The molecule has 2 aromatic carbocycles. The molecular weight excluding hydrogens is 369 g/mol. The fraction of sp³-hybridized carbons (Fsp3) is 0.235. The van der Waals surface area contributed by atoms with Gasteiger partial charge in [-0.2, -0.15) is 13.2 Å². The van der Waals surface area contributed by atoms with Crippen LogP contribution >= 0.6 is 0 Å². The van der Waals surface area contributed by atoms with E-state index >= 15 is 0 Å². The minimum Gasteiger partial charge on any atom is -0.403 e. The smallest absolute Gasteiger partial charge is 0.403 e. The molecule has 140 valence electrons. The van der Waals surface area contributed by atoms with Gasteiger partial charge in [0, 0.05) is 12.0 Å². The van der Waals surface area contributed by atoms with Gasteiger partial charge >= 0.3 is 12.5 Å². The van der Waals surface area contributed by atoms with Crippen molar-refractivity contribution in [3.05, 3.63) is 65.0 Å². The molecule has 2 rings (SSSR count). The second-order valence-electron chi connectivity index (χ2n) is 5.31. The van der Waals surface area contributed by atoms with E-state index < -0.39 is 35.5 Å². The summed E-state index contributed by atoms with van der Waals surface area (Å²) in [6, 6.07) is 6.47. The maximum atomic E-state index is 13.3. The van der Waals surface area contributed by atoms with Crippen LogP contribution in [-0.4, -0.2) is 12.1 Å². The zero-order valence-electron chi connectivity index (χ0n) is 12.9. The summed E-state index contributed by atoms with van der Waals surface area (Å²) < 4.78 is 90.8. The van der Waals surface area contributed by atoms with Crippen LogP contribution in [0.1, 0.15) is 27.9 Å². The summed E-state index contributed by atoms with van der Waals surface area (Å²) in [4.78, 5) is 12.0. The van der Waals surface area contributed by atoms with Crippen LogP contribution < -0.4 is 4.74 Å². The summed E-state index contributed by atoms with van der Waals surface area (Å²) in [5.41, 5.74) is -0.585. The van der Waals surface area contributed by atoms with E-state index in [0.717, 1.165) is 18.2 Å². The van der Waals surface area contributed by atoms with Crippen LogP contribution in [0, 0.1) is 5.82 Å². The molecule has 0 bridgehead atoms. The highest BCUT2D eigenvalue weighted by Gasteiger charge is 2.33. The van der Waals surface area contributed by atoms with Gasteiger partial charge in [0.15, 0.2) is 17.3 Å². The van der Waals surface area contributed by atoms with Gasteiger partial charge in [-0.25, -0.2) is 4.39 Å². The van der Waals surface area contributed by atoms with Crippen molar-refractivity contribution in [1.29, 1.82) is 0 Å². The van der Waals surface area contributed by atoms with Crippen molar-refractivity contribution in [2.75, 3.05) is 0 Å². The number of benzene rings is 2. The summed E-state index contributed by atoms with van der Waals surface area (Å²) >= 11 is 0. The van der Waals surface area contributed by atoms with Crippen molar-refractivity contribution >= 4 is 5.78 Å². The van der Waals surface area contributed by atoms with Gasteiger partial charge in [-0.15, -0.1) is 13.2 Å². The molecule has 2 aromatic rings. The molecule has 2 nitrogen and oxygen atoms in total. The van der Waals surface area contributed by atoms with Crippen molar-refractivity contribution in [2.24, 2.45) is 0 Å². The maximum absolute atomic E-state index is 13.3. The Balaban J connectivity index is 2.05. The topological polar surface area (TPSA) is 26.3 Å². The van der Waals surface area contributed by atoms with E-state index in [4.69, 9.17) is 0 Å². The molecule has 0 saturated heterocycles. The quantitative estimate of drug-likeness (QED) is 0.502. The molecule has 0 saturated carbocycles. The lowest BCUT2D eigenvalue weighted by Crippen LogP contribution is -2.18. The molecule has 26 heavy (non-hydrogen) atoms. The van der Waals surface area contributed by atoms with E-state index in [9.17, 15) is 35.5 Å². The monoisotopic (exact) mass is 380 g/mol. The first-order chi connectivity index (χ1) is 12.0. The van der Waals surface area contributed by atoms with Crippen LogP contribution in [0.3, 0.4) is 0 Å². The number of ether oxygens (including phenoxy) is 1. The minimum absolute atomic E-state index is 0.0732. The molecule has 0 unspecified atom stereocenters. The number of hydrogen-bond acceptors (Lipinski definition) is 2. The number of rotatable bonds is 5. The van der Waals surface area contributed by atoms with E-state index in [1.807, 2.05) is 0 Å².